The van der Waals surface area contributed by atoms with Gasteiger partial charge in [-0.1, -0.05) is 22.6 Å². The van der Waals surface area contributed by atoms with Crippen LogP contribution in [0.4, 0.5) is 0 Å². The number of piperidine rings is 1. The molecule has 1 heterocycles. The van der Waals surface area contributed by atoms with E-state index >= 15 is 0 Å². The molecular weight excluding hydrogens is 261 g/mol. The monoisotopic (exact) mass is 277 g/mol. The molecule has 0 aromatic rings. The summed E-state index contributed by atoms with van der Waals surface area (Å²) in [5, 5.41) is 0. The average Bonchev–Trinajstić information content (AvgIpc) is 2.41. The van der Waals surface area contributed by atoms with Crippen LogP contribution in [0.15, 0.2) is 0 Å². The first kappa shape index (κ1) is 8.04. The fraction of sp³-hybridized carbons (Fsp3) is 1.00. The zero-order valence-corrected chi connectivity index (χ0v) is 9.75. The van der Waals surface area contributed by atoms with Crippen molar-refractivity contribution >= 4 is 22.6 Å². The Kier molecular flexibility index (Phi) is 1.59. The number of likely N-dealkylation sites (tertiary alicyclic amines) is 1. The molecule has 3 aliphatic rings. The van der Waals surface area contributed by atoms with Crippen molar-refractivity contribution in [2.45, 2.75) is 37.8 Å². The van der Waals surface area contributed by atoms with Gasteiger partial charge < -0.3 is 0 Å². The van der Waals surface area contributed by atoms with Gasteiger partial charge in [0, 0.05) is 21.9 Å². The van der Waals surface area contributed by atoms with Crippen molar-refractivity contribution in [2.24, 2.45) is 11.3 Å². The van der Waals surface area contributed by atoms with E-state index < -0.39 is 0 Å². The van der Waals surface area contributed by atoms with E-state index in [1.54, 1.807) is 12.8 Å². The maximum absolute atomic E-state index is 2.65. The predicted octanol–water partition coefficient (Wildman–Crippen LogP) is 2.29. The molecule has 0 bridgehead atoms. The standard InChI is InChI=1S/C10H16IN/c1-12-8-2-3-10(8)5-7(6-11)4-9(10)12/h7-9H,2-6H2,1H3. The minimum Gasteiger partial charge on any atom is -0.299 e. The summed E-state index contributed by atoms with van der Waals surface area (Å²) in [7, 11) is 2.34. The second-order valence-electron chi connectivity index (χ2n) is 4.93. The van der Waals surface area contributed by atoms with Gasteiger partial charge in [-0.25, -0.2) is 0 Å². The summed E-state index contributed by atoms with van der Waals surface area (Å²) in [5.74, 6) is 1.04. The Morgan fingerprint density at radius 3 is 2.83 bits per heavy atom. The second kappa shape index (κ2) is 2.38. The third-order valence-electron chi connectivity index (χ3n) is 4.64. The number of alkyl halides is 1. The third kappa shape index (κ3) is 0.707. The maximum atomic E-state index is 2.65. The van der Waals surface area contributed by atoms with Crippen molar-refractivity contribution in [1.82, 2.24) is 4.90 Å². The fourth-order valence-electron chi connectivity index (χ4n) is 4.01. The Labute approximate surface area is 88.0 Å². The van der Waals surface area contributed by atoms with Crippen molar-refractivity contribution in [3.8, 4) is 0 Å². The van der Waals surface area contributed by atoms with Crippen molar-refractivity contribution in [3.63, 3.8) is 0 Å². The van der Waals surface area contributed by atoms with Crippen molar-refractivity contribution in [1.29, 1.82) is 0 Å². The minimum absolute atomic E-state index is 0.838. The van der Waals surface area contributed by atoms with Crippen LogP contribution in [0.2, 0.25) is 0 Å². The van der Waals surface area contributed by atoms with Crippen molar-refractivity contribution < 1.29 is 0 Å². The van der Waals surface area contributed by atoms with Crippen LogP contribution in [0.3, 0.4) is 0 Å². The Balaban J connectivity index is 1.82. The van der Waals surface area contributed by atoms with Crippen molar-refractivity contribution in [3.05, 3.63) is 0 Å². The molecule has 2 heteroatoms. The lowest BCUT2D eigenvalue weighted by molar-refractivity contribution is -0.174. The topological polar surface area (TPSA) is 3.24 Å². The van der Waals surface area contributed by atoms with E-state index in [2.05, 4.69) is 34.5 Å². The van der Waals surface area contributed by atoms with Crippen LogP contribution >= 0.6 is 22.6 Å². The van der Waals surface area contributed by atoms with E-state index in [0.717, 1.165) is 23.4 Å². The quantitative estimate of drug-likeness (QED) is 0.525. The van der Waals surface area contributed by atoms with E-state index in [4.69, 9.17) is 0 Å². The molecule has 0 amide bonds. The Bertz CT molecular complexity index is 218. The predicted molar refractivity (Wildman–Crippen MR) is 58.6 cm³/mol. The zero-order chi connectivity index (χ0) is 8.34. The molecule has 3 fully saturated rings. The van der Waals surface area contributed by atoms with Gasteiger partial charge in [-0.2, -0.15) is 0 Å². The molecule has 1 aliphatic heterocycles. The van der Waals surface area contributed by atoms with E-state index in [0.29, 0.717) is 0 Å². The van der Waals surface area contributed by atoms with E-state index in [-0.39, 0.29) is 0 Å². The average molecular weight is 277 g/mol. The third-order valence-corrected chi connectivity index (χ3v) is 5.88. The summed E-state index contributed by atoms with van der Waals surface area (Å²) in [4.78, 5) is 2.65. The number of halogens is 1. The van der Waals surface area contributed by atoms with E-state index in [1.807, 2.05) is 0 Å². The van der Waals surface area contributed by atoms with E-state index in [9.17, 15) is 0 Å². The normalized spacial score (nSPS) is 57.0. The highest BCUT2D eigenvalue weighted by Gasteiger charge is 2.67. The highest BCUT2D eigenvalue weighted by atomic mass is 127. The van der Waals surface area contributed by atoms with Crippen LogP contribution < -0.4 is 0 Å². The summed E-state index contributed by atoms with van der Waals surface area (Å²) >= 11 is 2.56. The lowest BCUT2D eigenvalue weighted by Crippen LogP contribution is -2.73. The van der Waals surface area contributed by atoms with Gasteiger partial charge in [0.2, 0.25) is 0 Å². The Hall–Kier alpha value is 0.690. The fourth-order valence-corrected chi connectivity index (χ4v) is 4.68. The summed E-state index contributed by atoms with van der Waals surface area (Å²) in [5.41, 5.74) is 0.838. The molecular formula is C10H16IN. The zero-order valence-electron chi connectivity index (χ0n) is 7.59. The van der Waals surface area contributed by atoms with Crippen LogP contribution in [0, 0.1) is 11.3 Å². The van der Waals surface area contributed by atoms with E-state index in [1.165, 1.54) is 17.3 Å². The first-order chi connectivity index (χ1) is 5.78. The SMILES string of the molecule is CN1C2CCC23CC(CI)CC13. The molecule has 1 nitrogen and oxygen atoms in total. The van der Waals surface area contributed by atoms with Gasteiger partial charge in [0.1, 0.15) is 0 Å². The Morgan fingerprint density at radius 2 is 2.33 bits per heavy atom. The summed E-state index contributed by atoms with van der Waals surface area (Å²) in [6.07, 6.45) is 6.08. The molecule has 1 saturated heterocycles. The molecule has 4 atom stereocenters. The lowest BCUT2D eigenvalue weighted by Gasteiger charge is -2.67. The molecule has 0 aromatic carbocycles. The van der Waals surface area contributed by atoms with Gasteiger partial charge in [0.05, 0.1) is 0 Å². The van der Waals surface area contributed by atoms with Gasteiger partial charge >= 0.3 is 0 Å². The highest BCUT2D eigenvalue weighted by Crippen LogP contribution is 2.65. The molecule has 68 valence electrons. The summed E-state index contributed by atoms with van der Waals surface area (Å²) in [6, 6.07) is 1.98. The first-order valence-electron chi connectivity index (χ1n) is 5.06. The lowest BCUT2D eigenvalue weighted by atomic mass is 9.53. The number of nitrogens with zero attached hydrogens (tertiary/aromatic N) is 1. The van der Waals surface area contributed by atoms with Gasteiger partial charge in [-0.3, -0.25) is 4.90 Å². The molecule has 12 heavy (non-hydrogen) atoms. The molecule has 0 aromatic heterocycles. The van der Waals surface area contributed by atoms with Crippen LogP contribution in [0.5, 0.6) is 0 Å². The smallest absolute Gasteiger partial charge is 0.0170 e. The van der Waals surface area contributed by atoms with Gasteiger partial charge in [0.15, 0.2) is 0 Å². The van der Waals surface area contributed by atoms with Crippen LogP contribution in [0.1, 0.15) is 25.7 Å². The molecule has 0 radical (unpaired) electrons. The molecule has 2 aliphatic carbocycles. The maximum Gasteiger partial charge on any atom is 0.0170 e. The minimum atomic E-state index is 0.838. The van der Waals surface area contributed by atoms with Gasteiger partial charge in [-0.15, -0.1) is 0 Å². The van der Waals surface area contributed by atoms with Crippen molar-refractivity contribution in [2.75, 3.05) is 11.5 Å². The number of hydrogen-bond acceptors (Lipinski definition) is 1. The summed E-state index contributed by atoms with van der Waals surface area (Å²) in [6.45, 7) is 0. The second-order valence-corrected chi connectivity index (χ2v) is 5.81. The summed E-state index contributed by atoms with van der Waals surface area (Å²) < 4.78 is 1.39. The molecule has 2 saturated carbocycles. The van der Waals surface area contributed by atoms with Gasteiger partial charge in [0.25, 0.3) is 0 Å². The molecule has 3 rings (SSSR count). The van der Waals surface area contributed by atoms with Crippen LogP contribution in [-0.2, 0) is 0 Å². The number of hydrogen-bond donors (Lipinski definition) is 0. The largest absolute Gasteiger partial charge is 0.299 e. The molecule has 4 unspecified atom stereocenters. The molecule has 0 N–H and O–H groups in total. The number of rotatable bonds is 1. The van der Waals surface area contributed by atoms with Gasteiger partial charge in [-0.05, 0) is 38.6 Å². The highest BCUT2D eigenvalue weighted by molar-refractivity contribution is 14.1. The first-order valence-corrected chi connectivity index (χ1v) is 6.58. The van der Waals surface area contributed by atoms with Crippen LogP contribution in [0.25, 0.3) is 0 Å². The molecule has 1 spiro atoms. The Morgan fingerprint density at radius 1 is 1.50 bits per heavy atom. The van der Waals surface area contributed by atoms with Crippen LogP contribution in [-0.4, -0.2) is 28.5 Å².